The molecule has 0 N–H and O–H groups in total. The molecule has 0 saturated carbocycles. The fourth-order valence-corrected chi connectivity index (χ4v) is 2.06. The zero-order valence-corrected chi connectivity index (χ0v) is 13.8. The maximum Gasteiger partial charge on any atom is 0.158 e. The minimum Gasteiger partial charge on any atom is -0.377 e. The van der Waals surface area contributed by atoms with Crippen molar-refractivity contribution in [1.82, 2.24) is 14.9 Å². The van der Waals surface area contributed by atoms with Crippen LogP contribution in [-0.2, 0) is 11.3 Å². The third-order valence-electron chi connectivity index (χ3n) is 2.73. The lowest BCUT2D eigenvalue weighted by Crippen LogP contribution is -2.35. The molecule has 1 aromatic heterocycles. The van der Waals surface area contributed by atoms with Crippen molar-refractivity contribution in [3.05, 3.63) is 17.0 Å². The lowest BCUT2D eigenvalue weighted by molar-refractivity contribution is 0.178. The van der Waals surface area contributed by atoms with Crippen molar-refractivity contribution >= 4 is 17.4 Å². The second-order valence-electron chi connectivity index (χ2n) is 5.54. The van der Waals surface area contributed by atoms with Gasteiger partial charge in [0.15, 0.2) is 5.82 Å². The van der Waals surface area contributed by atoms with E-state index in [0.717, 1.165) is 25.5 Å². The predicted octanol–water partition coefficient (Wildman–Crippen LogP) is 2.30. The predicted molar refractivity (Wildman–Crippen MR) is 83.4 cm³/mol. The van der Waals surface area contributed by atoms with Crippen molar-refractivity contribution in [1.29, 1.82) is 0 Å². The molecule has 114 valence electrons. The van der Waals surface area contributed by atoms with E-state index in [4.69, 9.17) is 16.3 Å². The molecule has 0 atom stereocenters. The Morgan fingerprint density at radius 2 is 1.95 bits per heavy atom. The molecule has 20 heavy (non-hydrogen) atoms. The van der Waals surface area contributed by atoms with E-state index >= 15 is 0 Å². The summed E-state index contributed by atoms with van der Waals surface area (Å²) in [4.78, 5) is 13.1. The van der Waals surface area contributed by atoms with E-state index in [1.807, 2.05) is 6.07 Å². The van der Waals surface area contributed by atoms with Crippen molar-refractivity contribution in [3.63, 3.8) is 0 Å². The van der Waals surface area contributed by atoms with Gasteiger partial charge in [-0.15, -0.1) is 0 Å². The molecule has 0 aliphatic heterocycles. The smallest absolute Gasteiger partial charge is 0.158 e. The number of methoxy groups -OCH3 is 1. The van der Waals surface area contributed by atoms with Gasteiger partial charge in [0, 0.05) is 32.8 Å². The van der Waals surface area contributed by atoms with Crippen LogP contribution in [0.2, 0.25) is 5.15 Å². The third-order valence-corrected chi connectivity index (χ3v) is 2.92. The van der Waals surface area contributed by atoms with Crippen molar-refractivity contribution in [2.45, 2.75) is 20.5 Å². The first-order valence-corrected chi connectivity index (χ1v) is 7.22. The van der Waals surface area contributed by atoms with Crippen LogP contribution in [0.25, 0.3) is 0 Å². The zero-order valence-electron chi connectivity index (χ0n) is 13.1. The molecule has 0 aliphatic carbocycles. The van der Waals surface area contributed by atoms with E-state index in [-0.39, 0.29) is 0 Å². The largest absolute Gasteiger partial charge is 0.377 e. The molecule has 1 heterocycles. The first-order chi connectivity index (χ1) is 9.42. The lowest BCUT2D eigenvalue weighted by atomic mass is 10.2. The molecule has 0 aromatic carbocycles. The van der Waals surface area contributed by atoms with Gasteiger partial charge in [0.25, 0.3) is 0 Å². The number of ether oxygens (including phenoxy) is 1. The Morgan fingerprint density at radius 1 is 1.25 bits per heavy atom. The summed E-state index contributed by atoms with van der Waals surface area (Å²) >= 11 is 6.09. The Hall–Kier alpha value is -0.910. The van der Waals surface area contributed by atoms with Gasteiger partial charge >= 0.3 is 0 Å². The van der Waals surface area contributed by atoms with Crippen LogP contribution >= 0.6 is 11.6 Å². The summed E-state index contributed by atoms with van der Waals surface area (Å²) in [6.45, 7) is 7.58. The summed E-state index contributed by atoms with van der Waals surface area (Å²) in [5.41, 5.74) is 0. The molecule has 0 radical (unpaired) electrons. The first kappa shape index (κ1) is 17.1. The molecule has 6 heteroatoms. The van der Waals surface area contributed by atoms with E-state index < -0.39 is 0 Å². The van der Waals surface area contributed by atoms with E-state index in [1.165, 1.54) is 0 Å². The van der Waals surface area contributed by atoms with Gasteiger partial charge in [-0.3, -0.25) is 0 Å². The van der Waals surface area contributed by atoms with Crippen molar-refractivity contribution in [2.24, 2.45) is 5.92 Å². The number of likely N-dealkylation sites (N-methyl/N-ethyl adjacent to an activating group) is 1. The van der Waals surface area contributed by atoms with Gasteiger partial charge < -0.3 is 14.5 Å². The SMILES string of the molecule is COCc1nc(Cl)cc(N(CCN(C)C)CC(C)C)n1. The lowest BCUT2D eigenvalue weighted by Gasteiger charge is -2.27. The second-order valence-corrected chi connectivity index (χ2v) is 5.93. The number of hydrogen-bond donors (Lipinski definition) is 0. The van der Waals surface area contributed by atoms with Gasteiger partial charge in [0.05, 0.1) is 0 Å². The van der Waals surface area contributed by atoms with Crippen LogP contribution in [0.4, 0.5) is 5.82 Å². The van der Waals surface area contributed by atoms with Gasteiger partial charge in [0.2, 0.25) is 0 Å². The summed E-state index contributed by atoms with van der Waals surface area (Å²) in [5.74, 6) is 2.04. The Kier molecular flexibility index (Phi) is 7.19. The van der Waals surface area contributed by atoms with Crippen molar-refractivity contribution in [3.8, 4) is 0 Å². The number of halogens is 1. The van der Waals surface area contributed by atoms with Gasteiger partial charge in [-0.2, -0.15) is 0 Å². The molecule has 0 amide bonds. The zero-order chi connectivity index (χ0) is 15.1. The van der Waals surface area contributed by atoms with Crippen LogP contribution in [0.3, 0.4) is 0 Å². The number of rotatable bonds is 8. The molecule has 0 spiro atoms. The van der Waals surface area contributed by atoms with Crippen molar-refractivity contribution in [2.75, 3.05) is 45.7 Å². The maximum atomic E-state index is 6.09. The second kappa shape index (κ2) is 8.39. The number of nitrogens with zero attached hydrogens (tertiary/aromatic N) is 4. The summed E-state index contributed by atoms with van der Waals surface area (Å²) in [5, 5.41) is 0.459. The number of aromatic nitrogens is 2. The number of anilines is 1. The summed E-state index contributed by atoms with van der Waals surface area (Å²) in [7, 11) is 5.76. The quantitative estimate of drug-likeness (QED) is 0.689. The molecule has 0 fully saturated rings. The van der Waals surface area contributed by atoms with Gasteiger partial charge in [0.1, 0.15) is 17.6 Å². The van der Waals surface area contributed by atoms with E-state index in [2.05, 4.69) is 47.7 Å². The minimum atomic E-state index is 0.372. The van der Waals surface area contributed by atoms with Crippen LogP contribution in [0, 0.1) is 5.92 Å². The van der Waals surface area contributed by atoms with Crippen LogP contribution < -0.4 is 4.90 Å². The molecular weight excluding hydrogens is 276 g/mol. The monoisotopic (exact) mass is 300 g/mol. The molecular formula is C14H25ClN4O. The summed E-state index contributed by atoms with van der Waals surface area (Å²) in [6.07, 6.45) is 0. The van der Waals surface area contributed by atoms with Crippen LogP contribution in [0.5, 0.6) is 0 Å². The highest BCUT2D eigenvalue weighted by atomic mass is 35.5. The normalized spacial score (nSPS) is 11.4. The highest BCUT2D eigenvalue weighted by Gasteiger charge is 2.13. The molecule has 1 aromatic rings. The molecule has 1 rings (SSSR count). The first-order valence-electron chi connectivity index (χ1n) is 6.84. The Morgan fingerprint density at radius 3 is 2.50 bits per heavy atom. The van der Waals surface area contributed by atoms with Crippen LogP contribution in [0.1, 0.15) is 19.7 Å². The maximum absolute atomic E-state index is 6.09. The molecule has 5 nitrogen and oxygen atoms in total. The van der Waals surface area contributed by atoms with E-state index in [1.54, 1.807) is 7.11 Å². The van der Waals surface area contributed by atoms with Gasteiger partial charge in [-0.1, -0.05) is 25.4 Å². The van der Waals surface area contributed by atoms with Gasteiger partial charge in [-0.25, -0.2) is 9.97 Å². The molecule has 0 aliphatic rings. The fraction of sp³-hybridized carbons (Fsp3) is 0.714. The summed E-state index contributed by atoms with van der Waals surface area (Å²) in [6, 6.07) is 1.82. The Labute approximate surface area is 126 Å². The molecule has 0 bridgehead atoms. The van der Waals surface area contributed by atoms with Crippen LogP contribution in [0.15, 0.2) is 6.07 Å². The minimum absolute atomic E-state index is 0.372. The van der Waals surface area contributed by atoms with E-state index in [0.29, 0.717) is 23.5 Å². The molecule has 0 unspecified atom stereocenters. The van der Waals surface area contributed by atoms with Crippen molar-refractivity contribution < 1.29 is 4.74 Å². The van der Waals surface area contributed by atoms with Gasteiger partial charge in [-0.05, 0) is 20.0 Å². The summed E-state index contributed by atoms with van der Waals surface area (Å²) < 4.78 is 5.09. The topological polar surface area (TPSA) is 41.5 Å². The third kappa shape index (κ3) is 6.03. The number of hydrogen-bond acceptors (Lipinski definition) is 5. The Balaban J connectivity index is 2.92. The standard InChI is InChI=1S/C14H25ClN4O/c1-11(2)9-19(7-6-18(3)4)14-8-12(15)16-13(17-14)10-20-5/h8,11H,6-7,9-10H2,1-5H3. The Bertz CT molecular complexity index is 412. The average molecular weight is 301 g/mol. The average Bonchev–Trinajstić information content (AvgIpc) is 2.33. The van der Waals surface area contributed by atoms with Crippen LogP contribution in [-0.4, -0.2) is 55.7 Å². The highest BCUT2D eigenvalue weighted by Crippen LogP contribution is 2.18. The molecule has 0 saturated heterocycles. The van der Waals surface area contributed by atoms with E-state index in [9.17, 15) is 0 Å². The highest BCUT2D eigenvalue weighted by molar-refractivity contribution is 6.29. The fourth-order valence-electron chi connectivity index (χ4n) is 1.87.